The number of β-amino-alcohol motifs (C(OH)–C–C–N with tert-alkyl or cyclic N) is 1. The van der Waals surface area contributed by atoms with Crippen molar-refractivity contribution in [2.24, 2.45) is 0 Å². The lowest BCUT2D eigenvalue weighted by atomic mass is 10.1. The van der Waals surface area contributed by atoms with Crippen molar-refractivity contribution in [1.29, 1.82) is 0 Å². The predicted molar refractivity (Wildman–Crippen MR) is 105 cm³/mol. The molecule has 2 N–H and O–H groups in total. The van der Waals surface area contributed by atoms with Crippen LogP contribution in [0.3, 0.4) is 0 Å². The summed E-state index contributed by atoms with van der Waals surface area (Å²) in [6, 6.07) is 16.2. The minimum atomic E-state index is -0.445. The van der Waals surface area contributed by atoms with E-state index in [2.05, 4.69) is 34.5 Å². The van der Waals surface area contributed by atoms with Gasteiger partial charge in [-0.25, -0.2) is 0 Å². The molecule has 1 amide bonds. The first-order valence-corrected chi connectivity index (χ1v) is 9.38. The van der Waals surface area contributed by atoms with Crippen molar-refractivity contribution in [3.05, 3.63) is 59.7 Å². The maximum atomic E-state index is 11.9. The summed E-state index contributed by atoms with van der Waals surface area (Å²) in [5, 5.41) is 13.6. The molecule has 0 radical (unpaired) electrons. The van der Waals surface area contributed by atoms with Gasteiger partial charge in [-0.15, -0.1) is 0 Å². The number of rotatable bonds is 6. The Kier molecular flexibility index (Phi) is 5.38. The third-order valence-electron chi connectivity index (χ3n) is 5.08. The number of fused-ring (bicyclic) bond motifs is 1. The molecule has 1 saturated heterocycles. The van der Waals surface area contributed by atoms with Crippen molar-refractivity contribution in [2.45, 2.75) is 19.2 Å². The molecular formula is C21H25N3O3. The zero-order valence-corrected chi connectivity index (χ0v) is 15.3. The molecule has 0 aromatic heterocycles. The number of carbonyl (C=O) groups is 1. The van der Waals surface area contributed by atoms with Gasteiger partial charge in [-0.2, -0.15) is 0 Å². The lowest BCUT2D eigenvalue weighted by molar-refractivity contribution is -0.125. The normalized spacial score (nSPS) is 18.4. The van der Waals surface area contributed by atoms with Crippen LogP contribution in [0.5, 0.6) is 0 Å². The van der Waals surface area contributed by atoms with Gasteiger partial charge in [0, 0.05) is 44.1 Å². The Bertz CT molecular complexity index is 769. The Morgan fingerprint density at radius 2 is 1.78 bits per heavy atom. The van der Waals surface area contributed by atoms with Crippen LogP contribution in [0, 0.1) is 0 Å². The molecule has 2 heterocycles. The van der Waals surface area contributed by atoms with Gasteiger partial charge < -0.3 is 20.1 Å². The van der Waals surface area contributed by atoms with E-state index in [1.165, 1.54) is 11.1 Å². The molecule has 0 aliphatic carbocycles. The summed E-state index contributed by atoms with van der Waals surface area (Å²) in [5.74, 6) is -0.0102. The van der Waals surface area contributed by atoms with E-state index in [0.717, 1.165) is 24.5 Å². The first kappa shape index (κ1) is 18.0. The maximum absolute atomic E-state index is 11.9. The number of morpholine rings is 1. The number of ether oxygens (including phenoxy) is 1. The Morgan fingerprint density at radius 1 is 1.07 bits per heavy atom. The number of anilines is 2. The molecule has 0 saturated carbocycles. The van der Waals surface area contributed by atoms with Crippen molar-refractivity contribution in [2.75, 3.05) is 43.1 Å². The monoisotopic (exact) mass is 367 g/mol. The Hall–Kier alpha value is -2.41. The fraction of sp³-hybridized carbons (Fsp3) is 0.381. The largest absolute Gasteiger partial charge is 0.390 e. The number of aliphatic hydroxyl groups excluding tert-OH is 1. The fourth-order valence-corrected chi connectivity index (χ4v) is 3.68. The second-order valence-electron chi connectivity index (χ2n) is 7.12. The molecule has 1 fully saturated rings. The van der Waals surface area contributed by atoms with Crippen molar-refractivity contribution in [3.8, 4) is 0 Å². The van der Waals surface area contributed by atoms with Crippen LogP contribution in [0.4, 0.5) is 11.4 Å². The minimum Gasteiger partial charge on any atom is -0.390 e. The van der Waals surface area contributed by atoms with E-state index in [-0.39, 0.29) is 12.5 Å². The summed E-state index contributed by atoms with van der Waals surface area (Å²) in [4.78, 5) is 15.9. The molecule has 2 aliphatic rings. The number of benzene rings is 2. The summed E-state index contributed by atoms with van der Waals surface area (Å²) in [7, 11) is 0. The second kappa shape index (κ2) is 8.08. The lowest BCUT2D eigenvalue weighted by Gasteiger charge is -2.27. The molecule has 4 rings (SSSR count). The van der Waals surface area contributed by atoms with Crippen molar-refractivity contribution < 1.29 is 14.6 Å². The van der Waals surface area contributed by atoms with Gasteiger partial charge in [0.1, 0.15) is 6.61 Å². The lowest BCUT2D eigenvalue weighted by Crippen LogP contribution is -2.41. The first-order chi connectivity index (χ1) is 13.2. The third-order valence-corrected chi connectivity index (χ3v) is 5.08. The third kappa shape index (κ3) is 4.30. The topological polar surface area (TPSA) is 65.0 Å². The molecule has 2 aromatic carbocycles. The zero-order valence-electron chi connectivity index (χ0n) is 15.3. The Balaban J connectivity index is 1.26. The highest BCUT2D eigenvalue weighted by Crippen LogP contribution is 2.22. The molecule has 2 aromatic rings. The Morgan fingerprint density at radius 3 is 2.44 bits per heavy atom. The second-order valence-corrected chi connectivity index (χ2v) is 7.12. The summed E-state index contributed by atoms with van der Waals surface area (Å²) >= 11 is 0. The van der Waals surface area contributed by atoms with Crippen LogP contribution in [0.1, 0.15) is 11.1 Å². The highest BCUT2D eigenvalue weighted by atomic mass is 16.5. The molecular weight excluding hydrogens is 342 g/mol. The van der Waals surface area contributed by atoms with Gasteiger partial charge in [-0.05, 0) is 35.4 Å². The van der Waals surface area contributed by atoms with Crippen molar-refractivity contribution in [3.63, 3.8) is 0 Å². The first-order valence-electron chi connectivity index (χ1n) is 9.38. The van der Waals surface area contributed by atoms with Gasteiger partial charge >= 0.3 is 0 Å². The number of hydrogen-bond donors (Lipinski definition) is 2. The van der Waals surface area contributed by atoms with E-state index in [0.29, 0.717) is 26.2 Å². The van der Waals surface area contributed by atoms with Gasteiger partial charge in [-0.1, -0.05) is 24.3 Å². The van der Waals surface area contributed by atoms with Gasteiger partial charge in [0.2, 0.25) is 0 Å². The molecule has 27 heavy (non-hydrogen) atoms. The maximum Gasteiger partial charge on any atom is 0.253 e. The number of amides is 1. The van der Waals surface area contributed by atoms with Gasteiger partial charge in [-0.3, -0.25) is 9.69 Å². The standard InChI is InChI=1S/C21H25N3O3/c25-20(14-23-12-16-3-1-2-4-17(16)13-23)11-22-18-5-7-19(8-6-18)24-9-10-27-15-21(24)26/h1-8,20,22,25H,9-15H2/t20-/m1/s1. The molecule has 6 nitrogen and oxygen atoms in total. The van der Waals surface area contributed by atoms with Crippen molar-refractivity contribution >= 4 is 17.3 Å². The zero-order chi connectivity index (χ0) is 18.6. The summed E-state index contributed by atoms with van der Waals surface area (Å²) in [6.07, 6.45) is -0.445. The van der Waals surface area contributed by atoms with E-state index in [4.69, 9.17) is 4.74 Å². The number of nitrogens with one attached hydrogen (secondary N) is 1. The SMILES string of the molecule is O=C1COCCN1c1ccc(NC[C@@H](O)CN2Cc3ccccc3C2)cc1. The van der Waals surface area contributed by atoms with Crippen molar-refractivity contribution in [1.82, 2.24) is 4.90 Å². The van der Waals surface area contributed by atoms with Crippen LogP contribution < -0.4 is 10.2 Å². The van der Waals surface area contributed by atoms with E-state index in [1.807, 2.05) is 24.3 Å². The molecule has 2 aliphatic heterocycles. The van der Waals surface area contributed by atoms with Crippen LogP contribution in [-0.4, -0.2) is 54.9 Å². The number of hydrogen-bond acceptors (Lipinski definition) is 5. The summed E-state index contributed by atoms with van der Waals surface area (Å²) in [5.41, 5.74) is 4.52. The van der Waals surface area contributed by atoms with Crippen LogP contribution in [0.2, 0.25) is 0 Å². The van der Waals surface area contributed by atoms with E-state index < -0.39 is 6.10 Å². The van der Waals surface area contributed by atoms with Crippen LogP contribution in [0.15, 0.2) is 48.5 Å². The van der Waals surface area contributed by atoms with E-state index in [1.54, 1.807) is 4.90 Å². The molecule has 0 spiro atoms. The fourth-order valence-electron chi connectivity index (χ4n) is 3.68. The smallest absolute Gasteiger partial charge is 0.253 e. The van der Waals surface area contributed by atoms with E-state index >= 15 is 0 Å². The molecule has 1 atom stereocenters. The average molecular weight is 367 g/mol. The van der Waals surface area contributed by atoms with Gasteiger partial charge in [0.25, 0.3) is 5.91 Å². The summed E-state index contributed by atoms with van der Waals surface area (Å²) < 4.78 is 5.16. The number of aliphatic hydroxyl groups is 1. The highest BCUT2D eigenvalue weighted by molar-refractivity contribution is 5.94. The van der Waals surface area contributed by atoms with Crippen LogP contribution >= 0.6 is 0 Å². The number of carbonyl (C=O) groups excluding carboxylic acids is 1. The highest BCUT2D eigenvalue weighted by Gasteiger charge is 2.21. The predicted octanol–water partition coefficient (Wildman–Crippen LogP) is 1.84. The molecule has 0 unspecified atom stereocenters. The molecule has 142 valence electrons. The number of nitrogens with zero attached hydrogens (tertiary/aromatic N) is 2. The van der Waals surface area contributed by atoms with Gasteiger partial charge in [0.05, 0.1) is 12.7 Å². The van der Waals surface area contributed by atoms with Crippen LogP contribution in [-0.2, 0) is 22.6 Å². The Labute approximate surface area is 159 Å². The molecule has 6 heteroatoms. The quantitative estimate of drug-likeness (QED) is 0.816. The molecule has 0 bridgehead atoms. The van der Waals surface area contributed by atoms with E-state index in [9.17, 15) is 9.90 Å². The average Bonchev–Trinajstić information content (AvgIpc) is 3.09. The van der Waals surface area contributed by atoms with Crippen LogP contribution in [0.25, 0.3) is 0 Å². The summed E-state index contributed by atoms with van der Waals surface area (Å²) in [6.45, 7) is 4.23. The van der Waals surface area contributed by atoms with Gasteiger partial charge in [0.15, 0.2) is 0 Å². The minimum absolute atomic E-state index is 0.0102.